The van der Waals surface area contributed by atoms with Crippen LogP contribution in [0.4, 0.5) is 0 Å². The molecule has 0 atom stereocenters. The van der Waals surface area contributed by atoms with Crippen LogP contribution in [0.3, 0.4) is 0 Å². The van der Waals surface area contributed by atoms with Crippen molar-refractivity contribution in [1.82, 2.24) is 10.2 Å². The van der Waals surface area contributed by atoms with Crippen molar-refractivity contribution in [1.29, 1.82) is 0 Å². The lowest BCUT2D eigenvalue weighted by Gasteiger charge is -2.19. The van der Waals surface area contributed by atoms with Crippen LogP contribution in [0.25, 0.3) is 0 Å². The van der Waals surface area contributed by atoms with E-state index in [9.17, 15) is 4.79 Å². The van der Waals surface area contributed by atoms with Gasteiger partial charge in [0.1, 0.15) is 0 Å². The molecule has 1 aliphatic rings. The monoisotopic (exact) mass is 224 g/mol. The normalized spacial score (nSPS) is 17.5. The number of amides is 1. The van der Waals surface area contributed by atoms with Crippen LogP contribution in [-0.2, 0) is 11.2 Å². The van der Waals surface area contributed by atoms with Crippen LogP contribution in [0.1, 0.15) is 12.0 Å². The highest BCUT2D eigenvalue weighted by atomic mass is 32.1. The highest BCUT2D eigenvalue weighted by Crippen LogP contribution is 2.08. The van der Waals surface area contributed by atoms with E-state index < -0.39 is 0 Å². The second kappa shape index (κ2) is 5.28. The molecule has 15 heavy (non-hydrogen) atoms. The molecule has 1 aromatic rings. The summed E-state index contributed by atoms with van der Waals surface area (Å²) < 4.78 is 0. The fourth-order valence-corrected chi connectivity index (χ4v) is 2.44. The standard InChI is InChI=1S/C11H16N2OS/c14-11(8-10-2-7-15-9-10)13-5-1-3-12-4-6-13/h2,7,9,12H,1,3-6,8H2. The van der Waals surface area contributed by atoms with Crippen molar-refractivity contribution >= 4 is 17.2 Å². The molecular formula is C11H16N2OS. The molecule has 0 aliphatic carbocycles. The molecule has 0 spiro atoms. The van der Waals surface area contributed by atoms with E-state index in [1.807, 2.05) is 21.7 Å². The molecule has 0 unspecified atom stereocenters. The molecule has 1 saturated heterocycles. The van der Waals surface area contributed by atoms with Gasteiger partial charge in [0.15, 0.2) is 0 Å². The Morgan fingerprint density at radius 2 is 2.40 bits per heavy atom. The molecule has 4 heteroatoms. The summed E-state index contributed by atoms with van der Waals surface area (Å²) in [5.41, 5.74) is 1.14. The molecule has 1 N–H and O–H groups in total. The first-order chi connectivity index (χ1) is 7.36. The van der Waals surface area contributed by atoms with Crippen molar-refractivity contribution < 1.29 is 4.79 Å². The molecule has 1 fully saturated rings. The minimum Gasteiger partial charge on any atom is -0.341 e. The van der Waals surface area contributed by atoms with Crippen LogP contribution in [0.15, 0.2) is 16.8 Å². The van der Waals surface area contributed by atoms with Gasteiger partial charge in [-0.15, -0.1) is 0 Å². The molecule has 1 amide bonds. The van der Waals surface area contributed by atoms with Gasteiger partial charge in [-0.2, -0.15) is 11.3 Å². The highest BCUT2D eigenvalue weighted by molar-refractivity contribution is 7.07. The van der Waals surface area contributed by atoms with Crippen molar-refractivity contribution in [2.45, 2.75) is 12.8 Å². The van der Waals surface area contributed by atoms with E-state index in [2.05, 4.69) is 5.32 Å². The average molecular weight is 224 g/mol. The number of nitrogens with zero attached hydrogens (tertiary/aromatic N) is 1. The number of nitrogens with one attached hydrogen (secondary N) is 1. The second-order valence-electron chi connectivity index (χ2n) is 3.79. The molecule has 82 valence electrons. The molecule has 1 aromatic heterocycles. The number of carbonyl (C=O) groups excluding carboxylic acids is 1. The minimum atomic E-state index is 0.261. The Morgan fingerprint density at radius 1 is 1.47 bits per heavy atom. The molecule has 0 bridgehead atoms. The summed E-state index contributed by atoms with van der Waals surface area (Å²) >= 11 is 1.65. The van der Waals surface area contributed by atoms with Crippen LogP contribution in [-0.4, -0.2) is 37.0 Å². The zero-order chi connectivity index (χ0) is 10.5. The third-order valence-corrected chi connectivity index (χ3v) is 3.36. The van der Waals surface area contributed by atoms with E-state index >= 15 is 0 Å². The Bertz CT molecular complexity index is 302. The molecule has 0 saturated carbocycles. The van der Waals surface area contributed by atoms with Gasteiger partial charge in [0.05, 0.1) is 6.42 Å². The van der Waals surface area contributed by atoms with Crippen molar-refractivity contribution in [2.75, 3.05) is 26.2 Å². The van der Waals surface area contributed by atoms with Crippen molar-refractivity contribution in [3.63, 3.8) is 0 Å². The lowest BCUT2D eigenvalue weighted by Crippen LogP contribution is -2.35. The zero-order valence-electron chi connectivity index (χ0n) is 8.74. The third-order valence-electron chi connectivity index (χ3n) is 2.63. The summed E-state index contributed by atoms with van der Waals surface area (Å²) in [5, 5.41) is 7.37. The first-order valence-electron chi connectivity index (χ1n) is 5.36. The Morgan fingerprint density at radius 3 is 3.20 bits per heavy atom. The first kappa shape index (κ1) is 10.6. The fourth-order valence-electron chi connectivity index (χ4n) is 1.77. The average Bonchev–Trinajstić information content (AvgIpc) is 2.58. The number of hydrogen-bond acceptors (Lipinski definition) is 3. The van der Waals surface area contributed by atoms with Crippen LogP contribution >= 0.6 is 11.3 Å². The number of hydrogen-bond donors (Lipinski definition) is 1. The predicted molar refractivity (Wildman–Crippen MR) is 62.1 cm³/mol. The van der Waals surface area contributed by atoms with Gasteiger partial charge in [0, 0.05) is 19.6 Å². The second-order valence-corrected chi connectivity index (χ2v) is 4.57. The van der Waals surface area contributed by atoms with Crippen LogP contribution in [0.5, 0.6) is 0 Å². The van der Waals surface area contributed by atoms with E-state index in [1.54, 1.807) is 11.3 Å². The summed E-state index contributed by atoms with van der Waals surface area (Å²) in [6, 6.07) is 2.03. The van der Waals surface area contributed by atoms with E-state index in [4.69, 9.17) is 0 Å². The largest absolute Gasteiger partial charge is 0.341 e. The summed E-state index contributed by atoms with van der Waals surface area (Å²) in [6.07, 6.45) is 1.62. The summed E-state index contributed by atoms with van der Waals surface area (Å²) in [4.78, 5) is 13.9. The highest BCUT2D eigenvalue weighted by Gasteiger charge is 2.15. The van der Waals surface area contributed by atoms with E-state index in [0.29, 0.717) is 6.42 Å². The Hall–Kier alpha value is -0.870. The summed E-state index contributed by atoms with van der Waals surface area (Å²) in [6.45, 7) is 3.70. The molecule has 1 aliphatic heterocycles. The van der Waals surface area contributed by atoms with Gasteiger partial charge in [-0.1, -0.05) is 0 Å². The van der Waals surface area contributed by atoms with Crippen LogP contribution in [0, 0.1) is 0 Å². The van der Waals surface area contributed by atoms with Crippen molar-refractivity contribution in [2.24, 2.45) is 0 Å². The molecule has 2 heterocycles. The maximum absolute atomic E-state index is 11.9. The fraction of sp³-hybridized carbons (Fsp3) is 0.545. The maximum atomic E-state index is 11.9. The van der Waals surface area contributed by atoms with Crippen LogP contribution < -0.4 is 5.32 Å². The van der Waals surface area contributed by atoms with Gasteiger partial charge >= 0.3 is 0 Å². The molecule has 0 aromatic carbocycles. The molecule has 2 rings (SSSR count). The first-order valence-corrected chi connectivity index (χ1v) is 6.30. The SMILES string of the molecule is O=C(Cc1ccsc1)N1CCCNCC1. The zero-order valence-corrected chi connectivity index (χ0v) is 9.55. The van der Waals surface area contributed by atoms with E-state index in [-0.39, 0.29) is 5.91 Å². The predicted octanol–water partition coefficient (Wildman–Crippen LogP) is 1.11. The van der Waals surface area contributed by atoms with Gasteiger partial charge in [-0.25, -0.2) is 0 Å². The molecular weight excluding hydrogens is 208 g/mol. The van der Waals surface area contributed by atoms with Gasteiger partial charge in [0.2, 0.25) is 5.91 Å². The Balaban J connectivity index is 1.89. The summed E-state index contributed by atoms with van der Waals surface area (Å²) in [5.74, 6) is 0.261. The smallest absolute Gasteiger partial charge is 0.227 e. The topological polar surface area (TPSA) is 32.3 Å². The Labute approximate surface area is 94.1 Å². The number of rotatable bonds is 2. The van der Waals surface area contributed by atoms with Gasteiger partial charge in [-0.3, -0.25) is 4.79 Å². The van der Waals surface area contributed by atoms with Crippen molar-refractivity contribution in [3.8, 4) is 0 Å². The quantitative estimate of drug-likeness (QED) is 0.816. The van der Waals surface area contributed by atoms with Gasteiger partial charge < -0.3 is 10.2 Å². The minimum absolute atomic E-state index is 0.261. The molecule has 3 nitrogen and oxygen atoms in total. The van der Waals surface area contributed by atoms with Gasteiger partial charge in [-0.05, 0) is 35.4 Å². The van der Waals surface area contributed by atoms with E-state index in [0.717, 1.165) is 38.2 Å². The van der Waals surface area contributed by atoms with Gasteiger partial charge in [0.25, 0.3) is 0 Å². The number of thiophene rings is 1. The lowest BCUT2D eigenvalue weighted by molar-refractivity contribution is -0.130. The van der Waals surface area contributed by atoms with Crippen LogP contribution in [0.2, 0.25) is 0 Å². The maximum Gasteiger partial charge on any atom is 0.227 e. The molecule has 0 radical (unpaired) electrons. The third kappa shape index (κ3) is 3.04. The number of carbonyl (C=O) groups is 1. The van der Waals surface area contributed by atoms with E-state index in [1.165, 1.54) is 0 Å². The lowest BCUT2D eigenvalue weighted by atomic mass is 10.2. The van der Waals surface area contributed by atoms with Crippen molar-refractivity contribution in [3.05, 3.63) is 22.4 Å². The summed E-state index contributed by atoms with van der Waals surface area (Å²) in [7, 11) is 0. The Kier molecular flexibility index (Phi) is 3.75.